The van der Waals surface area contributed by atoms with E-state index in [-0.39, 0.29) is 18.2 Å². The summed E-state index contributed by atoms with van der Waals surface area (Å²) >= 11 is 0. The quantitative estimate of drug-likeness (QED) is 0.817. The Bertz CT molecular complexity index is 485. The monoisotopic (exact) mass is 306 g/mol. The highest BCUT2D eigenvalue weighted by molar-refractivity contribution is 5.89. The maximum Gasteiger partial charge on any atom is 0.319 e. The first kappa shape index (κ1) is 16.7. The van der Waals surface area contributed by atoms with E-state index in [1.807, 2.05) is 6.92 Å². The summed E-state index contributed by atoms with van der Waals surface area (Å²) in [7, 11) is 0. The lowest BCUT2D eigenvalue weighted by Crippen LogP contribution is -2.46. The normalized spacial score (nSPS) is 22.3. The fourth-order valence-corrected chi connectivity index (χ4v) is 2.75. The molecule has 0 radical (unpaired) electrons. The van der Waals surface area contributed by atoms with Crippen LogP contribution in [0.25, 0.3) is 0 Å². The number of amides is 2. The first-order valence-corrected chi connectivity index (χ1v) is 7.88. The number of aromatic nitrogens is 1. The van der Waals surface area contributed by atoms with Crippen LogP contribution in [0.5, 0.6) is 0 Å². The first-order valence-electron chi connectivity index (χ1n) is 7.88. The summed E-state index contributed by atoms with van der Waals surface area (Å²) in [5.41, 5.74) is 1.75. The summed E-state index contributed by atoms with van der Waals surface area (Å²) in [6.07, 6.45) is 4.91. The van der Waals surface area contributed by atoms with Gasteiger partial charge in [0.25, 0.3) is 0 Å². The van der Waals surface area contributed by atoms with Crippen LogP contribution < -0.4 is 10.6 Å². The van der Waals surface area contributed by atoms with E-state index < -0.39 is 0 Å². The molecule has 1 aliphatic rings. The van der Waals surface area contributed by atoms with E-state index in [0.29, 0.717) is 6.54 Å². The molecule has 2 rings (SSSR count). The smallest absolute Gasteiger partial charge is 0.319 e. The van der Waals surface area contributed by atoms with Gasteiger partial charge < -0.3 is 15.4 Å². The lowest BCUT2D eigenvalue weighted by atomic mass is 10.2. The van der Waals surface area contributed by atoms with E-state index in [1.165, 1.54) is 0 Å². The number of carbonyl (C=O) groups excluding carboxylic acids is 1. The zero-order valence-corrected chi connectivity index (χ0v) is 13.6. The van der Waals surface area contributed by atoms with Crippen LogP contribution in [0.2, 0.25) is 0 Å². The summed E-state index contributed by atoms with van der Waals surface area (Å²) < 4.78 is 5.71. The Morgan fingerprint density at radius 2 is 2.14 bits per heavy atom. The van der Waals surface area contributed by atoms with Crippen molar-refractivity contribution in [2.24, 2.45) is 0 Å². The molecule has 2 N–H and O–H groups in total. The average Bonchev–Trinajstić information content (AvgIpc) is 2.45. The summed E-state index contributed by atoms with van der Waals surface area (Å²) in [6, 6.07) is 1.63. The van der Waals surface area contributed by atoms with Gasteiger partial charge in [0.05, 0.1) is 12.2 Å². The third-order valence-corrected chi connectivity index (χ3v) is 3.70. The van der Waals surface area contributed by atoms with Gasteiger partial charge in [-0.1, -0.05) is 0 Å². The van der Waals surface area contributed by atoms with Crippen LogP contribution in [-0.2, 0) is 4.74 Å². The van der Waals surface area contributed by atoms with Gasteiger partial charge in [-0.25, -0.2) is 4.79 Å². The number of carbonyl (C=O) groups is 1. The van der Waals surface area contributed by atoms with Crippen LogP contribution in [0.3, 0.4) is 0 Å². The van der Waals surface area contributed by atoms with Gasteiger partial charge in [0.2, 0.25) is 0 Å². The highest BCUT2D eigenvalue weighted by Crippen LogP contribution is 2.11. The molecular formula is C16H26N4O2. The van der Waals surface area contributed by atoms with Crippen LogP contribution in [0.1, 0.15) is 25.8 Å². The predicted octanol–water partition coefficient (Wildman–Crippen LogP) is 2.01. The molecule has 0 aliphatic carbocycles. The van der Waals surface area contributed by atoms with Crippen LogP contribution in [0, 0.1) is 6.92 Å². The summed E-state index contributed by atoms with van der Waals surface area (Å²) in [5, 5.41) is 5.73. The molecule has 6 heteroatoms. The topological polar surface area (TPSA) is 66.5 Å². The number of nitrogens with zero attached hydrogens (tertiary/aromatic N) is 2. The third kappa shape index (κ3) is 5.27. The van der Waals surface area contributed by atoms with Gasteiger partial charge in [0.15, 0.2) is 0 Å². The summed E-state index contributed by atoms with van der Waals surface area (Å²) in [6.45, 7) is 9.70. The molecule has 0 saturated carbocycles. The van der Waals surface area contributed by atoms with Crippen molar-refractivity contribution in [2.45, 2.75) is 39.4 Å². The number of hydrogen-bond donors (Lipinski definition) is 2. The van der Waals surface area contributed by atoms with E-state index >= 15 is 0 Å². The van der Waals surface area contributed by atoms with Gasteiger partial charge in [0, 0.05) is 44.3 Å². The number of urea groups is 1. The van der Waals surface area contributed by atoms with E-state index in [1.54, 1.807) is 18.5 Å². The molecule has 6 nitrogen and oxygen atoms in total. The number of morpholine rings is 1. The lowest BCUT2D eigenvalue weighted by Gasteiger charge is -2.35. The van der Waals surface area contributed by atoms with Crippen molar-refractivity contribution in [3.63, 3.8) is 0 Å². The average molecular weight is 306 g/mol. The zero-order chi connectivity index (χ0) is 15.9. The van der Waals surface area contributed by atoms with Crippen molar-refractivity contribution in [1.82, 2.24) is 15.2 Å². The molecule has 22 heavy (non-hydrogen) atoms. The fourth-order valence-electron chi connectivity index (χ4n) is 2.75. The first-order chi connectivity index (χ1) is 10.5. The van der Waals surface area contributed by atoms with Gasteiger partial charge in [-0.3, -0.25) is 9.88 Å². The van der Waals surface area contributed by atoms with E-state index in [4.69, 9.17) is 4.74 Å². The maximum absolute atomic E-state index is 11.8. The SMILES string of the molecule is Cc1cnccc1NC(=O)NCCCN1CC(C)OC(C)C1. The van der Waals surface area contributed by atoms with Crippen molar-refractivity contribution < 1.29 is 9.53 Å². The Hall–Kier alpha value is -1.66. The van der Waals surface area contributed by atoms with Crippen molar-refractivity contribution in [2.75, 3.05) is 31.5 Å². The minimum absolute atomic E-state index is 0.169. The van der Waals surface area contributed by atoms with E-state index in [0.717, 1.165) is 37.3 Å². The van der Waals surface area contributed by atoms with Gasteiger partial charge in [-0.2, -0.15) is 0 Å². The van der Waals surface area contributed by atoms with Gasteiger partial charge in [0.1, 0.15) is 0 Å². The van der Waals surface area contributed by atoms with Gasteiger partial charge in [-0.15, -0.1) is 0 Å². The second-order valence-electron chi connectivity index (χ2n) is 5.94. The fraction of sp³-hybridized carbons (Fsp3) is 0.625. The number of aryl methyl sites for hydroxylation is 1. The zero-order valence-electron chi connectivity index (χ0n) is 13.6. The second kappa shape index (κ2) is 8.10. The Balaban J connectivity index is 1.64. The Kier molecular flexibility index (Phi) is 6.15. The molecular weight excluding hydrogens is 280 g/mol. The van der Waals surface area contributed by atoms with Gasteiger partial charge >= 0.3 is 6.03 Å². The molecule has 0 aromatic carbocycles. The van der Waals surface area contributed by atoms with E-state index in [9.17, 15) is 4.79 Å². The Morgan fingerprint density at radius 3 is 2.82 bits per heavy atom. The number of nitrogens with one attached hydrogen (secondary N) is 2. The Labute approximate surface area is 132 Å². The number of anilines is 1. The second-order valence-corrected chi connectivity index (χ2v) is 5.94. The number of hydrogen-bond acceptors (Lipinski definition) is 4. The molecule has 2 amide bonds. The van der Waals surface area contributed by atoms with Gasteiger partial charge in [-0.05, 0) is 38.8 Å². The molecule has 1 fully saturated rings. The lowest BCUT2D eigenvalue weighted by molar-refractivity contribution is -0.0679. The Morgan fingerprint density at radius 1 is 1.41 bits per heavy atom. The predicted molar refractivity (Wildman–Crippen MR) is 87.1 cm³/mol. The summed E-state index contributed by atoms with van der Waals surface area (Å²) in [4.78, 5) is 18.2. The van der Waals surface area contributed by atoms with Crippen LogP contribution in [0.15, 0.2) is 18.5 Å². The molecule has 0 spiro atoms. The minimum atomic E-state index is -0.169. The van der Waals surface area contributed by atoms with Crippen LogP contribution in [0.4, 0.5) is 10.5 Å². The molecule has 2 atom stereocenters. The number of rotatable bonds is 5. The highest BCUT2D eigenvalue weighted by atomic mass is 16.5. The number of pyridine rings is 1. The molecule has 1 aromatic rings. The maximum atomic E-state index is 11.8. The molecule has 2 unspecified atom stereocenters. The van der Waals surface area contributed by atoms with Crippen molar-refractivity contribution in [3.8, 4) is 0 Å². The van der Waals surface area contributed by atoms with Crippen molar-refractivity contribution >= 4 is 11.7 Å². The van der Waals surface area contributed by atoms with E-state index in [2.05, 4.69) is 34.4 Å². The molecule has 1 saturated heterocycles. The number of ether oxygens (including phenoxy) is 1. The van der Waals surface area contributed by atoms with Crippen molar-refractivity contribution in [1.29, 1.82) is 0 Å². The largest absolute Gasteiger partial charge is 0.373 e. The summed E-state index contributed by atoms with van der Waals surface area (Å²) in [5.74, 6) is 0. The standard InChI is InChI=1S/C16H26N4O2/c1-12-9-17-7-5-15(12)19-16(21)18-6-4-8-20-10-13(2)22-14(3)11-20/h5,7,9,13-14H,4,6,8,10-11H2,1-3H3,(H2,17,18,19,21). The minimum Gasteiger partial charge on any atom is -0.373 e. The van der Waals surface area contributed by atoms with Crippen LogP contribution in [-0.4, -0.2) is 54.3 Å². The highest BCUT2D eigenvalue weighted by Gasteiger charge is 2.21. The molecule has 1 aromatic heterocycles. The molecule has 2 heterocycles. The third-order valence-electron chi connectivity index (χ3n) is 3.70. The molecule has 122 valence electrons. The molecule has 0 bridgehead atoms. The van der Waals surface area contributed by atoms with Crippen LogP contribution >= 0.6 is 0 Å². The molecule has 1 aliphatic heterocycles. The van der Waals surface area contributed by atoms with Crippen molar-refractivity contribution in [3.05, 3.63) is 24.0 Å².